The van der Waals surface area contributed by atoms with Crippen molar-refractivity contribution in [3.05, 3.63) is 35.4 Å². The second-order valence-corrected chi connectivity index (χ2v) is 4.05. The first-order valence-corrected chi connectivity index (χ1v) is 5.69. The van der Waals surface area contributed by atoms with Gasteiger partial charge >= 0.3 is 0 Å². The molecule has 0 aromatic heterocycles. The molecule has 3 N–H and O–H groups in total. The van der Waals surface area contributed by atoms with Crippen LogP contribution in [0.1, 0.15) is 24.1 Å². The van der Waals surface area contributed by atoms with E-state index in [0.717, 1.165) is 11.1 Å². The molecule has 0 spiro atoms. The lowest BCUT2D eigenvalue weighted by molar-refractivity contribution is -0.131. The number of benzene rings is 1. The van der Waals surface area contributed by atoms with E-state index in [1.807, 2.05) is 38.1 Å². The van der Waals surface area contributed by atoms with Crippen LogP contribution in [0.2, 0.25) is 0 Å². The summed E-state index contributed by atoms with van der Waals surface area (Å²) >= 11 is 0. The summed E-state index contributed by atoms with van der Waals surface area (Å²) in [4.78, 5) is 11.8. The van der Waals surface area contributed by atoms with Crippen LogP contribution in [0.3, 0.4) is 0 Å². The number of amides is 1. The van der Waals surface area contributed by atoms with Gasteiger partial charge < -0.3 is 15.8 Å². The molecule has 0 aliphatic heterocycles. The van der Waals surface area contributed by atoms with Crippen molar-refractivity contribution in [3.8, 4) is 0 Å². The maximum Gasteiger partial charge on any atom is 0.250 e. The van der Waals surface area contributed by atoms with E-state index in [2.05, 4.69) is 5.32 Å². The zero-order valence-corrected chi connectivity index (χ0v) is 10.6. The lowest BCUT2D eigenvalue weighted by atomic mass is 10.0. The quantitative estimate of drug-likeness (QED) is 0.806. The van der Waals surface area contributed by atoms with Crippen molar-refractivity contribution in [1.82, 2.24) is 5.32 Å². The molecule has 2 unspecified atom stereocenters. The molecule has 1 rings (SSSR count). The molecule has 0 aliphatic carbocycles. The summed E-state index contributed by atoms with van der Waals surface area (Å²) in [7, 11) is 1.48. The first kappa shape index (κ1) is 13.7. The third-order valence-electron chi connectivity index (χ3n) is 2.80. The lowest BCUT2D eigenvalue weighted by Crippen LogP contribution is -2.41. The Labute approximate surface area is 102 Å². The number of methoxy groups -OCH3 is 1. The molecule has 1 aromatic rings. The summed E-state index contributed by atoms with van der Waals surface area (Å²) in [5.41, 5.74) is 7.70. The number of nitrogens with two attached hydrogens (primary N) is 1. The van der Waals surface area contributed by atoms with Gasteiger partial charge in [-0.3, -0.25) is 4.79 Å². The van der Waals surface area contributed by atoms with Crippen molar-refractivity contribution < 1.29 is 9.53 Å². The molecule has 94 valence electrons. The molecule has 0 heterocycles. The molecule has 4 heteroatoms. The largest absolute Gasteiger partial charge is 0.370 e. The number of carbonyl (C=O) groups excluding carboxylic acids is 1. The average molecular weight is 236 g/mol. The number of hydrogen-bond acceptors (Lipinski definition) is 3. The van der Waals surface area contributed by atoms with Gasteiger partial charge in [0.15, 0.2) is 0 Å². The van der Waals surface area contributed by atoms with Crippen LogP contribution in [0.5, 0.6) is 0 Å². The Morgan fingerprint density at radius 2 is 2.12 bits per heavy atom. The van der Waals surface area contributed by atoms with Crippen molar-refractivity contribution in [1.29, 1.82) is 0 Å². The molecule has 0 fully saturated rings. The SMILES string of the molecule is COC(CN)C(=O)NC(C)c1ccccc1C. The highest BCUT2D eigenvalue weighted by atomic mass is 16.5. The minimum atomic E-state index is -0.582. The van der Waals surface area contributed by atoms with Crippen LogP contribution in [0.25, 0.3) is 0 Å². The number of ether oxygens (including phenoxy) is 1. The summed E-state index contributed by atoms with van der Waals surface area (Å²) < 4.78 is 4.99. The number of aryl methyl sites for hydroxylation is 1. The number of carbonyl (C=O) groups is 1. The molecule has 2 atom stereocenters. The molecule has 0 bridgehead atoms. The Kier molecular flexibility index (Phi) is 5.12. The standard InChI is InChI=1S/C13H20N2O2/c1-9-6-4-5-7-11(9)10(2)15-13(16)12(8-14)17-3/h4-7,10,12H,8,14H2,1-3H3,(H,15,16). The predicted molar refractivity (Wildman–Crippen MR) is 67.6 cm³/mol. The van der Waals surface area contributed by atoms with Gasteiger partial charge in [-0.2, -0.15) is 0 Å². The van der Waals surface area contributed by atoms with Gasteiger partial charge in [0.2, 0.25) is 0 Å². The van der Waals surface area contributed by atoms with E-state index in [-0.39, 0.29) is 18.5 Å². The fourth-order valence-corrected chi connectivity index (χ4v) is 1.77. The Balaban J connectivity index is 2.70. The van der Waals surface area contributed by atoms with Gasteiger partial charge in [0.25, 0.3) is 5.91 Å². The third kappa shape index (κ3) is 3.54. The second-order valence-electron chi connectivity index (χ2n) is 4.05. The van der Waals surface area contributed by atoms with Gasteiger partial charge in [-0.1, -0.05) is 24.3 Å². The summed E-state index contributed by atoms with van der Waals surface area (Å²) in [5, 5.41) is 2.90. The highest BCUT2D eigenvalue weighted by molar-refractivity contribution is 5.81. The van der Waals surface area contributed by atoms with E-state index in [1.165, 1.54) is 7.11 Å². The molecule has 1 amide bonds. The van der Waals surface area contributed by atoms with Crippen molar-refractivity contribution in [3.63, 3.8) is 0 Å². The summed E-state index contributed by atoms with van der Waals surface area (Å²) in [6.45, 7) is 4.15. The van der Waals surface area contributed by atoms with Crippen molar-refractivity contribution >= 4 is 5.91 Å². The van der Waals surface area contributed by atoms with E-state index >= 15 is 0 Å². The maximum atomic E-state index is 11.8. The second kappa shape index (κ2) is 6.37. The lowest BCUT2D eigenvalue weighted by Gasteiger charge is -2.19. The summed E-state index contributed by atoms with van der Waals surface area (Å²) in [6, 6.07) is 7.92. The van der Waals surface area contributed by atoms with Gasteiger partial charge in [-0.15, -0.1) is 0 Å². The molecule has 0 aliphatic rings. The van der Waals surface area contributed by atoms with Crippen molar-refractivity contribution in [2.24, 2.45) is 5.73 Å². The highest BCUT2D eigenvalue weighted by Gasteiger charge is 2.18. The van der Waals surface area contributed by atoms with Gasteiger partial charge in [0.1, 0.15) is 6.10 Å². The third-order valence-corrected chi connectivity index (χ3v) is 2.80. The topological polar surface area (TPSA) is 64.3 Å². The summed E-state index contributed by atoms with van der Waals surface area (Å²) in [6.07, 6.45) is -0.582. The number of hydrogen-bond donors (Lipinski definition) is 2. The van der Waals surface area contributed by atoms with Crippen LogP contribution in [-0.4, -0.2) is 25.7 Å². The fourth-order valence-electron chi connectivity index (χ4n) is 1.77. The Morgan fingerprint density at radius 1 is 1.47 bits per heavy atom. The van der Waals surface area contributed by atoms with E-state index in [9.17, 15) is 4.79 Å². The van der Waals surface area contributed by atoms with E-state index in [1.54, 1.807) is 0 Å². The Hall–Kier alpha value is -1.39. The first-order chi connectivity index (χ1) is 8.10. The molecule has 4 nitrogen and oxygen atoms in total. The first-order valence-electron chi connectivity index (χ1n) is 5.69. The molecule has 17 heavy (non-hydrogen) atoms. The van der Waals surface area contributed by atoms with Gasteiger partial charge in [0, 0.05) is 13.7 Å². The fraction of sp³-hybridized carbons (Fsp3) is 0.462. The molecule has 0 saturated heterocycles. The minimum Gasteiger partial charge on any atom is -0.370 e. The molecule has 0 radical (unpaired) electrons. The van der Waals surface area contributed by atoms with Crippen LogP contribution in [-0.2, 0) is 9.53 Å². The Morgan fingerprint density at radius 3 is 2.65 bits per heavy atom. The van der Waals surface area contributed by atoms with Crippen LogP contribution in [0.4, 0.5) is 0 Å². The molecule has 0 saturated carbocycles. The molecule has 1 aromatic carbocycles. The van der Waals surface area contributed by atoms with E-state index in [4.69, 9.17) is 10.5 Å². The van der Waals surface area contributed by atoms with Gasteiger partial charge in [-0.05, 0) is 25.0 Å². The number of nitrogens with one attached hydrogen (secondary N) is 1. The summed E-state index contributed by atoms with van der Waals surface area (Å²) in [5.74, 6) is -0.175. The maximum absolute atomic E-state index is 11.8. The van der Waals surface area contributed by atoms with Crippen molar-refractivity contribution in [2.45, 2.75) is 26.0 Å². The molecular formula is C13H20N2O2. The molecular weight excluding hydrogens is 216 g/mol. The van der Waals surface area contributed by atoms with Crippen LogP contribution in [0, 0.1) is 6.92 Å². The zero-order chi connectivity index (χ0) is 12.8. The van der Waals surface area contributed by atoms with E-state index in [0.29, 0.717) is 0 Å². The Bertz CT molecular complexity index is 375. The van der Waals surface area contributed by atoms with Crippen LogP contribution < -0.4 is 11.1 Å². The van der Waals surface area contributed by atoms with Crippen LogP contribution >= 0.6 is 0 Å². The smallest absolute Gasteiger partial charge is 0.250 e. The highest BCUT2D eigenvalue weighted by Crippen LogP contribution is 2.16. The monoisotopic (exact) mass is 236 g/mol. The normalized spacial score (nSPS) is 14.1. The number of rotatable bonds is 5. The van der Waals surface area contributed by atoms with Crippen LogP contribution in [0.15, 0.2) is 24.3 Å². The van der Waals surface area contributed by atoms with E-state index < -0.39 is 6.10 Å². The predicted octanol–water partition coefficient (Wildman–Crippen LogP) is 1.15. The average Bonchev–Trinajstić information content (AvgIpc) is 2.31. The zero-order valence-electron chi connectivity index (χ0n) is 10.6. The van der Waals surface area contributed by atoms with Gasteiger partial charge in [0.05, 0.1) is 6.04 Å². The van der Waals surface area contributed by atoms with Crippen molar-refractivity contribution in [2.75, 3.05) is 13.7 Å². The minimum absolute atomic E-state index is 0.0482. The van der Waals surface area contributed by atoms with Gasteiger partial charge in [-0.25, -0.2) is 0 Å².